The number of oxime groups is 1. The van der Waals surface area contributed by atoms with E-state index in [0.29, 0.717) is 16.3 Å². The molecule has 0 spiro atoms. The maximum atomic E-state index is 10.3. The number of phenols is 1. The number of rotatable bonds is 4. The summed E-state index contributed by atoms with van der Waals surface area (Å²) in [6, 6.07) is 19.3. The van der Waals surface area contributed by atoms with E-state index in [-0.39, 0.29) is 11.9 Å². The van der Waals surface area contributed by atoms with Gasteiger partial charge in [-0.1, -0.05) is 46.6 Å². The van der Waals surface area contributed by atoms with Crippen LogP contribution >= 0.6 is 22.9 Å². The molecule has 1 unspecified atom stereocenters. The van der Waals surface area contributed by atoms with E-state index in [9.17, 15) is 5.11 Å². The van der Waals surface area contributed by atoms with Crippen molar-refractivity contribution in [2.45, 2.75) is 19.4 Å². The summed E-state index contributed by atoms with van der Waals surface area (Å²) in [6.07, 6.45) is 2.23. The van der Waals surface area contributed by atoms with E-state index in [1.807, 2.05) is 72.4 Å². The molecule has 150 valence electrons. The lowest BCUT2D eigenvalue weighted by atomic mass is 9.98. The number of nitrogens with zero attached hydrogens (tertiary/aromatic N) is 3. The second-order valence-corrected chi connectivity index (χ2v) is 8.89. The maximum Gasteiger partial charge on any atom is 0.161 e. The van der Waals surface area contributed by atoms with Crippen molar-refractivity contribution in [2.24, 2.45) is 5.16 Å². The highest BCUT2D eigenvalue weighted by Gasteiger charge is 2.30. The molecule has 1 aliphatic heterocycles. The van der Waals surface area contributed by atoms with Gasteiger partial charge >= 0.3 is 0 Å². The highest BCUT2D eigenvalue weighted by atomic mass is 35.5. The number of halogens is 1. The Kier molecular flexibility index (Phi) is 4.81. The van der Waals surface area contributed by atoms with Gasteiger partial charge in [0.2, 0.25) is 0 Å². The Hall–Kier alpha value is -3.09. The quantitative estimate of drug-likeness (QED) is 0.419. The normalized spacial score (nSPS) is 15.8. The molecule has 0 radical (unpaired) electrons. The Morgan fingerprint density at radius 2 is 1.97 bits per heavy atom. The number of phenolic OH excluding ortho intramolecular Hbond substituents is 1. The first-order valence-electron chi connectivity index (χ1n) is 9.52. The fourth-order valence-corrected chi connectivity index (χ4v) is 4.60. The van der Waals surface area contributed by atoms with Gasteiger partial charge in [0.05, 0.1) is 20.6 Å². The van der Waals surface area contributed by atoms with Crippen LogP contribution in [0.4, 0.5) is 0 Å². The van der Waals surface area contributed by atoms with E-state index in [2.05, 4.69) is 5.16 Å². The lowest BCUT2D eigenvalue weighted by Crippen LogP contribution is -2.02. The summed E-state index contributed by atoms with van der Waals surface area (Å²) in [5, 5.41) is 19.4. The summed E-state index contributed by atoms with van der Waals surface area (Å²) >= 11 is 7.66. The summed E-state index contributed by atoms with van der Waals surface area (Å²) in [7, 11) is 0. The molecule has 0 bridgehead atoms. The van der Waals surface area contributed by atoms with Gasteiger partial charge in [0.25, 0.3) is 0 Å². The highest BCUT2D eigenvalue weighted by molar-refractivity contribution is 7.19. The first-order valence-corrected chi connectivity index (χ1v) is 10.7. The Balaban J connectivity index is 1.52. The Morgan fingerprint density at radius 1 is 1.13 bits per heavy atom. The molecule has 0 amide bonds. The largest absolute Gasteiger partial charge is 0.507 e. The van der Waals surface area contributed by atoms with Crippen LogP contribution in [0.2, 0.25) is 4.34 Å². The Morgan fingerprint density at radius 3 is 2.73 bits per heavy atom. The summed E-state index contributed by atoms with van der Waals surface area (Å²) in [5.74, 6) is 0.203. The molecule has 5 nitrogen and oxygen atoms in total. The fourth-order valence-electron chi connectivity index (χ4n) is 3.55. The molecule has 7 heteroatoms. The van der Waals surface area contributed by atoms with Crippen LogP contribution < -0.4 is 0 Å². The predicted molar refractivity (Wildman–Crippen MR) is 120 cm³/mol. The van der Waals surface area contributed by atoms with Gasteiger partial charge in [0.15, 0.2) is 6.10 Å². The van der Waals surface area contributed by atoms with E-state index in [1.165, 1.54) is 11.3 Å². The zero-order valence-electron chi connectivity index (χ0n) is 16.1. The lowest BCUT2D eigenvalue weighted by molar-refractivity contribution is 0.0861. The summed E-state index contributed by atoms with van der Waals surface area (Å²) in [6.45, 7) is 1.99. The summed E-state index contributed by atoms with van der Waals surface area (Å²) in [4.78, 5) is 6.79. The zero-order valence-corrected chi connectivity index (χ0v) is 17.7. The van der Waals surface area contributed by atoms with Crippen molar-refractivity contribution < 1.29 is 9.94 Å². The topological polar surface area (TPSA) is 59.6 Å². The average Bonchev–Trinajstić information content (AvgIpc) is 3.49. The molecule has 0 saturated carbocycles. The standard InChI is InChI=1S/C23H18ClN3O2S/c1-14-7-8-19(28)16(11-14)18-12-20(29-26-18)17-13-27(15-5-3-2-4-6-15)25-23(17)21-9-10-22(24)30-21/h2-11,13,20,28H,12H2,1H3. The number of hydrogen-bond donors (Lipinski definition) is 1. The fraction of sp³-hybridized carbons (Fsp3) is 0.130. The van der Waals surface area contributed by atoms with Crippen molar-refractivity contribution in [3.63, 3.8) is 0 Å². The average molecular weight is 436 g/mol. The monoisotopic (exact) mass is 435 g/mol. The molecule has 2 aromatic carbocycles. The third-order valence-corrected chi connectivity index (χ3v) is 6.29. The Labute approximate surface area is 182 Å². The molecule has 4 aromatic rings. The third kappa shape index (κ3) is 3.49. The number of thiophene rings is 1. The number of aromatic hydroxyl groups is 1. The molecule has 1 aliphatic rings. The number of aryl methyl sites for hydroxylation is 1. The van der Waals surface area contributed by atoms with Crippen LogP contribution in [0.5, 0.6) is 5.75 Å². The highest BCUT2D eigenvalue weighted by Crippen LogP contribution is 2.40. The SMILES string of the molecule is Cc1ccc(O)c(C2=NOC(c3cn(-c4ccccc4)nc3-c3ccc(Cl)s3)C2)c1. The van der Waals surface area contributed by atoms with Gasteiger partial charge in [-0.05, 0) is 43.3 Å². The predicted octanol–water partition coefficient (Wildman–Crippen LogP) is 6.13. The molecule has 2 aromatic heterocycles. The van der Waals surface area contributed by atoms with Gasteiger partial charge < -0.3 is 9.94 Å². The second-order valence-electron chi connectivity index (χ2n) is 7.17. The van der Waals surface area contributed by atoms with Crippen LogP contribution in [0.3, 0.4) is 0 Å². The first-order chi connectivity index (χ1) is 14.6. The molecule has 0 aliphatic carbocycles. The van der Waals surface area contributed by atoms with Crippen molar-refractivity contribution in [2.75, 3.05) is 0 Å². The van der Waals surface area contributed by atoms with Crippen LogP contribution in [0.25, 0.3) is 16.3 Å². The minimum Gasteiger partial charge on any atom is -0.507 e. The van der Waals surface area contributed by atoms with Crippen LogP contribution in [-0.2, 0) is 4.84 Å². The zero-order chi connectivity index (χ0) is 20.7. The van der Waals surface area contributed by atoms with Gasteiger partial charge in [0, 0.05) is 23.7 Å². The molecule has 0 saturated heterocycles. The van der Waals surface area contributed by atoms with Gasteiger partial charge in [0.1, 0.15) is 11.4 Å². The Bertz CT molecular complexity index is 1250. The summed E-state index contributed by atoms with van der Waals surface area (Å²) in [5.41, 5.74) is 5.20. The molecular weight excluding hydrogens is 418 g/mol. The van der Waals surface area contributed by atoms with Gasteiger partial charge in [-0.15, -0.1) is 11.3 Å². The smallest absolute Gasteiger partial charge is 0.161 e. The van der Waals surface area contributed by atoms with Gasteiger partial charge in [-0.3, -0.25) is 0 Å². The first kappa shape index (κ1) is 18.9. The third-order valence-electron chi connectivity index (χ3n) is 5.05. The van der Waals surface area contributed by atoms with E-state index in [1.54, 1.807) is 6.07 Å². The molecule has 1 N–H and O–H groups in total. The number of benzene rings is 2. The van der Waals surface area contributed by atoms with Crippen LogP contribution in [0.1, 0.15) is 29.2 Å². The van der Waals surface area contributed by atoms with Gasteiger partial charge in [-0.2, -0.15) is 5.10 Å². The van der Waals surface area contributed by atoms with E-state index in [0.717, 1.165) is 33.1 Å². The molecule has 0 fully saturated rings. The van der Waals surface area contributed by atoms with Crippen molar-refractivity contribution in [1.29, 1.82) is 0 Å². The van der Waals surface area contributed by atoms with Gasteiger partial charge in [-0.25, -0.2) is 4.68 Å². The molecule has 30 heavy (non-hydrogen) atoms. The van der Waals surface area contributed by atoms with E-state index < -0.39 is 0 Å². The molecule has 1 atom stereocenters. The van der Waals surface area contributed by atoms with Crippen LogP contribution in [-0.4, -0.2) is 20.6 Å². The van der Waals surface area contributed by atoms with Crippen molar-refractivity contribution in [1.82, 2.24) is 9.78 Å². The molecular formula is C23H18ClN3O2S. The van der Waals surface area contributed by atoms with Crippen LogP contribution in [0.15, 0.2) is 72.0 Å². The second kappa shape index (κ2) is 7.63. The van der Waals surface area contributed by atoms with Crippen molar-refractivity contribution in [3.05, 3.63) is 87.9 Å². The van der Waals surface area contributed by atoms with Crippen LogP contribution in [0, 0.1) is 6.92 Å². The number of hydrogen-bond acceptors (Lipinski definition) is 5. The summed E-state index contributed by atoms with van der Waals surface area (Å²) < 4.78 is 2.56. The van der Waals surface area contributed by atoms with E-state index >= 15 is 0 Å². The number of aromatic nitrogens is 2. The molecule has 3 heterocycles. The minimum absolute atomic E-state index is 0.203. The lowest BCUT2D eigenvalue weighted by Gasteiger charge is -2.08. The molecule has 5 rings (SSSR count). The van der Waals surface area contributed by atoms with E-state index in [4.69, 9.17) is 21.5 Å². The van der Waals surface area contributed by atoms with Crippen molar-refractivity contribution in [3.8, 4) is 22.0 Å². The minimum atomic E-state index is -0.298. The van der Waals surface area contributed by atoms with Crippen molar-refractivity contribution >= 4 is 28.6 Å². The maximum absolute atomic E-state index is 10.3. The number of para-hydroxylation sites is 1.